The SMILES string of the molecule is CC1(C)c2ccccc2-c2ccc(N(c3ccccc3)c3cccc(-n4c5ccccc5c5ccc6c7ccccc7oc6c54)c3)cc21. The molecule has 3 nitrogen and oxygen atoms in total. The van der Waals surface area contributed by atoms with Crippen LogP contribution in [0.4, 0.5) is 17.1 Å². The van der Waals surface area contributed by atoms with Crippen molar-refractivity contribution in [2.75, 3.05) is 4.90 Å². The number of furan rings is 1. The van der Waals surface area contributed by atoms with Crippen LogP contribution in [0.3, 0.4) is 0 Å². The van der Waals surface area contributed by atoms with Crippen molar-refractivity contribution < 1.29 is 4.42 Å². The molecule has 48 heavy (non-hydrogen) atoms. The van der Waals surface area contributed by atoms with Crippen molar-refractivity contribution in [1.29, 1.82) is 0 Å². The maximum Gasteiger partial charge on any atom is 0.160 e. The lowest BCUT2D eigenvalue weighted by molar-refractivity contribution is 0.660. The summed E-state index contributed by atoms with van der Waals surface area (Å²) in [6.45, 7) is 4.69. The minimum Gasteiger partial charge on any atom is -0.454 e. The van der Waals surface area contributed by atoms with Crippen LogP contribution in [-0.2, 0) is 5.41 Å². The molecule has 0 unspecified atom stereocenters. The van der Waals surface area contributed by atoms with Crippen LogP contribution in [0, 0.1) is 0 Å². The Morgan fingerprint density at radius 1 is 0.500 bits per heavy atom. The van der Waals surface area contributed by atoms with Crippen LogP contribution in [0.2, 0.25) is 0 Å². The summed E-state index contributed by atoms with van der Waals surface area (Å²) < 4.78 is 9.01. The fraction of sp³-hybridized carbons (Fsp3) is 0.0667. The summed E-state index contributed by atoms with van der Waals surface area (Å²) in [6, 6.07) is 56.9. The number of rotatable bonds is 4. The lowest BCUT2D eigenvalue weighted by Gasteiger charge is -2.28. The van der Waals surface area contributed by atoms with E-state index in [2.05, 4.69) is 175 Å². The molecule has 1 aliphatic carbocycles. The van der Waals surface area contributed by atoms with E-state index >= 15 is 0 Å². The van der Waals surface area contributed by atoms with Gasteiger partial charge in [0.1, 0.15) is 5.58 Å². The number of anilines is 3. The van der Waals surface area contributed by atoms with Gasteiger partial charge in [-0.1, -0.05) is 111 Å². The van der Waals surface area contributed by atoms with Crippen molar-refractivity contribution in [2.45, 2.75) is 19.3 Å². The molecule has 0 saturated carbocycles. The molecule has 10 rings (SSSR count). The summed E-state index contributed by atoms with van der Waals surface area (Å²) in [4.78, 5) is 2.38. The summed E-state index contributed by atoms with van der Waals surface area (Å²) >= 11 is 0. The van der Waals surface area contributed by atoms with Crippen LogP contribution in [0.25, 0.3) is 60.6 Å². The second-order valence-corrected chi connectivity index (χ2v) is 13.4. The van der Waals surface area contributed by atoms with E-state index in [0.717, 1.165) is 55.7 Å². The smallest absolute Gasteiger partial charge is 0.160 e. The van der Waals surface area contributed by atoms with Crippen molar-refractivity contribution in [2.24, 2.45) is 0 Å². The second kappa shape index (κ2) is 9.97. The molecule has 0 bridgehead atoms. The van der Waals surface area contributed by atoms with Gasteiger partial charge in [0.2, 0.25) is 0 Å². The molecule has 0 amide bonds. The molecule has 2 aromatic heterocycles. The fourth-order valence-electron chi connectivity index (χ4n) is 8.13. The first-order chi connectivity index (χ1) is 23.6. The van der Waals surface area contributed by atoms with E-state index in [1.165, 1.54) is 33.0 Å². The first-order valence-electron chi connectivity index (χ1n) is 16.6. The normalized spacial score (nSPS) is 13.4. The van der Waals surface area contributed by atoms with Crippen LogP contribution >= 0.6 is 0 Å². The highest BCUT2D eigenvalue weighted by atomic mass is 16.3. The van der Waals surface area contributed by atoms with Gasteiger partial charge in [-0.25, -0.2) is 0 Å². The first-order valence-corrected chi connectivity index (χ1v) is 16.6. The molecular weight excluding hydrogens is 585 g/mol. The van der Waals surface area contributed by atoms with Gasteiger partial charge in [-0.3, -0.25) is 0 Å². The van der Waals surface area contributed by atoms with Crippen molar-refractivity contribution in [1.82, 2.24) is 4.57 Å². The summed E-state index contributed by atoms with van der Waals surface area (Å²) in [5.74, 6) is 0. The van der Waals surface area contributed by atoms with Gasteiger partial charge in [-0.2, -0.15) is 0 Å². The van der Waals surface area contributed by atoms with E-state index in [4.69, 9.17) is 4.42 Å². The van der Waals surface area contributed by atoms with E-state index in [1.54, 1.807) is 0 Å². The predicted molar refractivity (Wildman–Crippen MR) is 200 cm³/mol. The van der Waals surface area contributed by atoms with Crippen LogP contribution in [0.15, 0.2) is 162 Å². The second-order valence-electron chi connectivity index (χ2n) is 13.4. The van der Waals surface area contributed by atoms with Gasteiger partial charge in [0, 0.05) is 49.7 Å². The fourth-order valence-corrected chi connectivity index (χ4v) is 8.13. The Kier molecular flexibility index (Phi) is 5.63. The van der Waals surface area contributed by atoms with Crippen molar-refractivity contribution in [3.63, 3.8) is 0 Å². The van der Waals surface area contributed by atoms with E-state index < -0.39 is 0 Å². The first kappa shape index (κ1) is 27.1. The Hall–Kier alpha value is -6.06. The molecule has 0 atom stereocenters. The number of para-hydroxylation sites is 3. The van der Waals surface area contributed by atoms with Crippen LogP contribution < -0.4 is 4.90 Å². The third-order valence-corrected chi connectivity index (χ3v) is 10.4. The zero-order valence-corrected chi connectivity index (χ0v) is 26.8. The molecule has 0 aliphatic heterocycles. The lowest BCUT2D eigenvalue weighted by Crippen LogP contribution is -2.16. The Bertz CT molecular complexity index is 2710. The minimum absolute atomic E-state index is 0.0902. The third kappa shape index (κ3) is 3.76. The number of hydrogen-bond acceptors (Lipinski definition) is 2. The number of fused-ring (bicyclic) bond motifs is 10. The zero-order valence-electron chi connectivity index (χ0n) is 26.8. The van der Waals surface area contributed by atoms with E-state index in [9.17, 15) is 0 Å². The largest absolute Gasteiger partial charge is 0.454 e. The van der Waals surface area contributed by atoms with Crippen LogP contribution in [0.5, 0.6) is 0 Å². The summed E-state index contributed by atoms with van der Waals surface area (Å²) in [5, 5.41) is 4.66. The molecule has 0 fully saturated rings. The molecule has 0 radical (unpaired) electrons. The average Bonchev–Trinajstić information content (AvgIpc) is 3.75. The quantitative estimate of drug-likeness (QED) is 0.196. The summed E-state index contributed by atoms with van der Waals surface area (Å²) in [6.07, 6.45) is 0. The van der Waals surface area contributed by atoms with E-state index in [1.807, 2.05) is 6.07 Å². The molecule has 0 saturated heterocycles. The number of benzene rings is 7. The van der Waals surface area contributed by atoms with Gasteiger partial charge < -0.3 is 13.9 Å². The molecule has 0 spiro atoms. The van der Waals surface area contributed by atoms with Gasteiger partial charge in [0.15, 0.2) is 5.58 Å². The highest BCUT2D eigenvalue weighted by molar-refractivity contribution is 6.21. The average molecular weight is 617 g/mol. The molecule has 0 N–H and O–H groups in total. The summed E-state index contributed by atoms with van der Waals surface area (Å²) in [5.41, 5.74) is 13.8. The maximum atomic E-state index is 6.63. The van der Waals surface area contributed by atoms with Crippen LogP contribution in [0.1, 0.15) is 25.0 Å². The lowest BCUT2D eigenvalue weighted by atomic mass is 9.82. The number of hydrogen-bond donors (Lipinski definition) is 0. The van der Waals surface area contributed by atoms with Gasteiger partial charge in [0.25, 0.3) is 0 Å². The summed E-state index contributed by atoms with van der Waals surface area (Å²) in [7, 11) is 0. The highest BCUT2D eigenvalue weighted by Gasteiger charge is 2.35. The molecule has 2 heterocycles. The standard InChI is InChI=1S/C45H32N2O/c1-45(2)39-20-9-6-17-33(39)34-24-23-32(28-40(34)45)46(29-13-4-3-5-14-29)30-15-12-16-31(27-30)47-41-21-10-7-18-35(41)37-25-26-38-36-19-8-11-22-42(36)48-44(38)43(37)47/h3-28H,1-2H3. The highest BCUT2D eigenvalue weighted by Crippen LogP contribution is 2.51. The Morgan fingerprint density at radius 2 is 1.19 bits per heavy atom. The molecular formula is C45H32N2O. The third-order valence-electron chi connectivity index (χ3n) is 10.4. The van der Waals surface area contributed by atoms with Crippen molar-refractivity contribution >= 4 is 60.8 Å². The molecule has 9 aromatic rings. The monoisotopic (exact) mass is 616 g/mol. The van der Waals surface area contributed by atoms with Gasteiger partial charge in [0.05, 0.1) is 11.0 Å². The van der Waals surface area contributed by atoms with Gasteiger partial charge in [-0.05, 0) is 82.9 Å². The topological polar surface area (TPSA) is 21.3 Å². The maximum absolute atomic E-state index is 6.63. The predicted octanol–water partition coefficient (Wildman–Crippen LogP) is 12.5. The van der Waals surface area contributed by atoms with E-state index in [0.29, 0.717) is 0 Å². The number of aromatic nitrogens is 1. The van der Waals surface area contributed by atoms with Crippen LogP contribution in [-0.4, -0.2) is 4.57 Å². The Balaban J connectivity index is 1.21. The Labute approximate surface area is 278 Å². The van der Waals surface area contributed by atoms with Crippen molar-refractivity contribution in [3.05, 3.63) is 169 Å². The van der Waals surface area contributed by atoms with Gasteiger partial charge in [-0.15, -0.1) is 0 Å². The van der Waals surface area contributed by atoms with Crippen molar-refractivity contribution in [3.8, 4) is 16.8 Å². The minimum atomic E-state index is -0.0902. The van der Waals surface area contributed by atoms with Gasteiger partial charge >= 0.3 is 0 Å². The number of nitrogens with zero attached hydrogens (tertiary/aromatic N) is 2. The molecule has 228 valence electrons. The van der Waals surface area contributed by atoms with E-state index in [-0.39, 0.29) is 5.41 Å². The molecule has 7 aromatic carbocycles. The molecule has 1 aliphatic rings. The molecule has 3 heteroatoms. The Morgan fingerprint density at radius 3 is 2.08 bits per heavy atom. The zero-order chi connectivity index (χ0) is 32.0.